The van der Waals surface area contributed by atoms with Gasteiger partial charge in [0.2, 0.25) is 0 Å². The second kappa shape index (κ2) is 6.73. The number of aliphatic hydroxyl groups excluding tert-OH is 2. The molecule has 150 valence electrons. The molecule has 0 aliphatic heterocycles. The van der Waals surface area contributed by atoms with E-state index in [1.807, 2.05) is 0 Å². The number of hydrogen-bond donors (Lipinski definition) is 3. The quantitative estimate of drug-likeness (QED) is 0.514. The minimum Gasteiger partial charge on any atom is -0.478 e. The lowest BCUT2D eigenvalue weighted by Gasteiger charge is -2.58. The summed E-state index contributed by atoms with van der Waals surface area (Å²) in [5.41, 5.74) is 3.28. The second-order valence-electron chi connectivity index (χ2n) is 9.86. The molecule has 0 heterocycles. The monoisotopic (exact) mass is 374 g/mol. The lowest BCUT2D eigenvalue weighted by Crippen LogP contribution is -2.50. The van der Waals surface area contributed by atoms with Gasteiger partial charge in [0.05, 0.1) is 6.10 Å². The first kappa shape index (κ1) is 19.2. The molecule has 0 bridgehead atoms. The van der Waals surface area contributed by atoms with Crippen molar-refractivity contribution < 1.29 is 20.1 Å². The third kappa shape index (κ3) is 2.82. The molecule has 0 saturated heterocycles. The summed E-state index contributed by atoms with van der Waals surface area (Å²) in [5, 5.41) is 29.2. The third-order valence-electron chi connectivity index (χ3n) is 8.86. The summed E-state index contributed by atoms with van der Waals surface area (Å²) >= 11 is 0. The summed E-state index contributed by atoms with van der Waals surface area (Å²) < 4.78 is 0. The molecule has 4 nitrogen and oxygen atoms in total. The number of aliphatic hydroxyl groups is 2. The molecular formula is C23H34O4. The molecule has 0 radical (unpaired) electrons. The van der Waals surface area contributed by atoms with Crippen LogP contribution in [0.5, 0.6) is 0 Å². The average molecular weight is 375 g/mol. The molecule has 0 aromatic heterocycles. The Morgan fingerprint density at radius 2 is 1.78 bits per heavy atom. The van der Waals surface area contributed by atoms with Gasteiger partial charge in [-0.3, -0.25) is 0 Å². The first-order valence-corrected chi connectivity index (χ1v) is 10.8. The van der Waals surface area contributed by atoms with Gasteiger partial charge in [-0.15, -0.1) is 0 Å². The number of carboxylic acids is 1. The Morgan fingerprint density at radius 3 is 2.48 bits per heavy atom. The summed E-state index contributed by atoms with van der Waals surface area (Å²) in [6.07, 6.45) is 10.5. The van der Waals surface area contributed by atoms with Crippen LogP contribution >= 0.6 is 0 Å². The molecule has 4 rings (SSSR count). The zero-order valence-electron chi connectivity index (χ0n) is 16.7. The largest absolute Gasteiger partial charge is 0.478 e. The molecule has 0 amide bonds. The van der Waals surface area contributed by atoms with Crippen LogP contribution in [-0.4, -0.2) is 34.0 Å². The van der Waals surface area contributed by atoms with Gasteiger partial charge in [-0.1, -0.05) is 31.1 Å². The zero-order chi connectivity index (χ0) is 19.4. The Morgan fingerprint density at radius 1 is 1.07 bits per heavy atom. The number of fused-ring (bicyclic) bond motifs is 5. The van der Waals surface area contributed by atoms with Crippen molar-refractivity contribution in [3.05, 3.63) is 22.8 Å². The first-order chi connectivity index (χ1) is 12.8. The molecule has 6 atom stereocenters. The minimum absolute atomic E-state index is 0.0180. The molecule has 4 aliphatic carbocycles. The highest BCUT2D eigenvalue weighted by atomic mass is 16.4. The topological polar surface area (TPSA) is 77.8 Å². The van der Waals surface area contributed by atoms with E-state index in [1.165, 1.54) is 12.0 Å². The van der Waals surface area contributed by atoms with Crippen LogP contribution in [0.3, 0.4) is 0 Å². The SMILES string of the molecule is C[C@]12CCC(O)C=C1CC[C@@H]1[C@@H]2CC[C@]2(C)/C(=C(/CCO)C(=O)O)CC[C@@H]12. The summed E-state index contributed by atoms with van der Waals surface area (Å²) in [5.74, 6) is 1.03. The van der Waals surface area contributed by atoms with Crippen LogP contribution in [0.4, 0.5) is 0 Å². The van der Waals surface area contributed by atoms with E-state index < -0.39 is 5.97 Å². The smallest absolute Gasteiger partial charge is 0.331 e. The van der Waals surface area contributed by atoms with Crippen LogP contribution in [-0.2, 0) is 4.79 Å². The minimum atomic E-state index is -0.842. The molecule has 4 aliphatic rings. The van der Waals surface area contributed by atoms with Crippen LogP contribution < -0.4 is 0 Å². The Balaban J connectivity index is 1.68. The maximum Gasteiger partial charge on any atom is 0.331 e. The molecule has 3 saturated carbocycles. The fourth-order valence-electron chi connectivity index (χ4n) is 7.52. The number of carbonyl (C=O) groups is 1. The highest BCUT2D eigenvalue weighted by Gasteiger charge is 2.58. The van der Waals surface area contributed by atoms with E-state index in [0.29, 0.717) is 23.3 Å². The highest BCUT2D eigenvalue weighted by Crippen LogP contribution is 2.67. The van der Waals surface area contributed by atoms with E-state index in [2.05, 4.69) is 19.9 Å². The van der Waals surface area contributed by atoms with Crippen LogP contribution in [0, 0.1) is 28.6 Å². The van der Waals surface area contributed by atoms with Crippen molar-refractivity contribution in [1.82, 2.24) is 0 Å². The predicted octanol–water partition coefficient (Wildman–Crippen LogP) is 4.07. The van der Waals surface area contributed by atoms with Gasteiger partial charge in [0, 0.05) is 18.6 Å². The molecule has 3 N–H and O–H groups in total. The van der Waals surface area contributed by atoms with Gasteiger partial charge in [0.1, 0.15) is 0 Å². The lowest BCUT2D eigenvalue weighted by atomic mass is 9.47. The third-order valence-corrected chi connectivity index (χ3v) is 8.86. The molecular weight excluding hydrogens is 340 g/mol. The predicted molar refractivity (Wildman–Crippen MR) is 104 cm³/mol. The van der Waals surface area contributed by atoms with Crippen LogP contribution in [0.15, 0.2) is 22.8 Å². The van der Waals surface area contributed by atoms with Crippen molar-refractivity contribution in [2.75, 3.05) is 6.61 Å². The van der Waals surface area contributed by atoms with Gasteiger partial charge in [-0.25, -0.2) is 4.79 Å². The summed E-state index contributed by atoms with van der Waals surface area (Å²) in [7, 11) is 0. The summed E-state index contributed by atoms with van der Waals surface area (Å²) in [4.78, 5) is 11.8. The molecule has 1 unspecified atom stereocenters. The van der Waals surface area contributed by atoms with E-state index in [9.17, 15) is 20.1 Å². The van der Waals surface area contributed by atoms with Gasteiger partial charge >= 0.3 is 5.97 Å². The Kier molecular flexibility index (Phi) is 4.79. The van der Waals surface area contributed by atoms with Crippen molar-refractivity contribution in [1.29, 1.82) is 0 Å². The maximum atomic E-state index is 11.8. The number of aliphatic carboxylic acids is 1. The maximum absolute atomic E-state index is 11.8. The molecule has 0 spiro atoms. The Labute approximate surface area is 162 Å². The van der Waals surface area contributed by atoms with Crippen LogP contribution in [0.25, 0.3) is 0 Å². The zero-order valence-corrected chi connectivity index (χ0v) is 16.7. The van der Waals surface area contributed by atoms with Gasteiger partial charge in [0.25, 0.3) is 0 Å². The van der Waals surface area contributed by atoms with Gasteiger partial charge in [-0.2, -0.15) is 0 Å². The van der Waals surface area contributed by atoms with E-state index in [0.717, 1.165) is 50.5 Å². The van der Waals surface area contributed by atoms with Crippen molar-refractivity contribution in [2.24, 2.45) is 28.6 Å². The van der Waals surface area contributed by atoms with Crippen molar-refractivity contribution in [3.8, 4) is 0 Å². The van der Waals surface area contributed by atoms with Gasteiger partial charge < -0.3 is 15.3 Å². The van der Waals surface area contributed by atoms with Gasteiger partial charge in [0.15, 0.2) is 0 Å². The fourth-order valence-corrected chi connectivity index (χ4v) is 7.52. The molecule has 3 fully saturated rings. The lowest BCUT2D eigenvalue weighted by molar-refractivity contribution is -0.133. The number of carboxylic acid groups (broad SMARTS) is 1. The number of hydrogen-bond acceptors (Lipinski definition) is 3. The van der Waals surface area contributed by atoms with Crippen molar-refractivity contribution in [3.63, 3.8) is 0 Å². The standard InChI is InChI=1S/C23H34O4/c1-22-10-7-15(25)13-14(22)3-4-16-18-5-6-19(17(9-12-24)21(26)27)23(18,2)11-8-20(16)22/h13,15-16,18,20,24-25H,3-12H2,1-2H3,(H,26,27)/b19-17-/t15?,16-,18-,20-,22-,23-/m0/s1. The van der Waals surface area contributed by atoms with Crippen LogP contribution in [0.1, 0.15) is 71.6 Å². The first-order valence-electron chi connectivity index (χ1n) is 10.8. The van der Waals surface area contributed by atoms with E-state index in [-0.39, 0.29) is 30.0 Å². The Bertz CT molecular complexity index is 692. The number of rotatable bonds is 3. The summed E-state index contributed by atoms with van der Waals surface area (Å²) in [6.45, 7) is 4.63. The van der Waals surface area contributed by atoms with E-state index in [4.69, 9.17) is 0 Å². The summed E-state index contributed by atoms with van der Waals surface area (Å²) in [6, 6.07) is 0. The normalized spacial score (nSPS) is 45.4. The second-order valence-corrected chi connectivity index (χ2v) is 9.86. The molecule has 27 heavy (non-hydrogen) atoms. The van der Waals surface area contributed by atoms with E-state index in [1.54, 1.807) is 0 Å². The van der Waals surface area contributed by atoms with E-state index >= 15 is 0 Å². The molecule has 0 aromatic carbocycles. The average Bonchev–Trinajstić information content (AvgIpc) is 2.97. The number of allylic oxidation sites excluding steroid dienone is 2. The Hall–Kier alpha value is -1.13. The van der Waals surface area contributed by atoms with Crippen molar-refractivity contribution in [2.45, 2.75) is 77.7 Å². The highest BCUT2D eigenvalue weighted by molar-refractivity contribution is 5.88. The molecule has 4 heteroatoms. The van der Waals surface area contributed by atoms with Gasteiger partial charge in [-0.05, 0) is 80.0 Å². The van der Waals surface area contributed by atoms with Crippen LogP contribution in [0.2, 0.25) is 0 Å². The molecule has 0 aromatic rings. The van der Waals surface area contributed by atoms with Crippen molar-refractivity contribution >= 4 is 5.97 Å². The fraction of sp³-hybridized carbons (Fsp3) is 0.783.